The lowest BCUT2D eigenvalue weighted by Gasteiger charge is -2.38. The molecule has 0 aromatic carbocycles. The van der Waals surface area contributed by atoms with Gasteiger partial charge in [-0.2, -0.15) is 0 Å². The molecule has 0 radical (unpaired) electrons. The first-order chi connectivity index (χ1) is 5.27. The Kier molecular flexibility index (Phi) is 1.72. The molecule has 2 nitrogen and oxygen atoms in total. The second-order valence-corrected chi connectivity index (χ2v) is 3.95. The predicted molar refractivity (Wildman–Crippen MR) is 43.3 cm³/mol. The number of ketones is 1. The van der Waals surface area contributed by atoms with Gasteiger partial charge in [-0.25, -0.2) is 0 Å². The molecule has 0 aromatic heterocycles. The molecule has 1 saturated carbocycles. The van der Waals surface area contributed by atoms with E-state index in [1.807, 2.05) is 0 Å². The summed E-state index contributed by atoms with van der Waals surface area (Å²) in [4.78, 5) is 13.8. The Balaban J connectivity index is 2.13. The van der Waals surface area contributed by atoms with E-state index in [1.54, 1.807) is 0 Å². The molecule has 2 bridgehead atoms. The molecule has 1 aliphatic heterocycles. The van der Waals surface area contributed by atoms with Crippen molar-refractivity contribution in [2.45, 2.75) is 19.3 Å². The number of Topliss-reactive ketones (excluding diaryl/α,β-unsaturated/α-hetero) is 1. The number of piperidine rings is 1. The van der Waals surface area contributed by atoms with Gasteiger partial charge in [-0.3, -0.25) is 4.79 Å². The fraction of sp³-hybridized carbons (Fsp3) is 0.889. The van der Waals surface area contributed by atoms with Crippen LogP contribution in [0, 0.1) is 11.8 Å². The van der Waals surface area contributed by atoms with Gasteiger partial charge in [0.1, 0.15) is 5.78 Å². The first-order valence-corrected chi connectivity index (χ1v) is 4.49. The quantitative estimate of drug-likeness (QED) is 0.515. The number of fused-ring (bicyclic) bond motifs is 2. The van der Waals surface area contributed by atoms with Gasteiger partial charge in [-0.15, -0.1) is 0 Å². The summed E-state index contributed by atoms with van der Waals surface area (Å²) in [6, 6.07) is 0. The number of carbonyl (C=O) groups excluding carboxylic acids is 1. The second kappa shape index (κ2) is 2.59. The van der Waals surface area contributed by atoms with E-state index >= 15 is 0 Å². The zero-order valence-corrected chi connectivity index (χ0v) is 7.05. The fourth-order valence-corrected chi connectivity index (χ4v) is 2.42. The van der Waals surface area contributed by atoms with E-state index in [0.717, 1.165) is 25.9 Å². The lowest BCUT2D eigenvalue weighted by atomic mass is 9.77. The summed E-state index contributed by atoms with van der Waals surface area (Å²) < 4.78 is 0. The first-order valence-electron chi connectivity index (χ1n) is 4.49. The average Bonchev–Trinajstić information content (AvgIpc) is 1.92. The topological polar surface area (TPSA) is 20.3 Å². The van der Waals surface area contributed by atoms with Crippen LogP contribution in [-0.4, -0.2) is 30.8 Å². The van der Waals surface area contributed by atoms with Crippen molar-refractivity contribution in [1.29, 1.82) is 0 Å². The van der Waals surface area contributed by atoms with Crippen molar-refractivity contribution >= 4 is 5.78 Å². The van der Waals surface area contributed by atoms with Crippen LogP contribution in [0.4, 0.5) is 0 Å². The number of carbonyl (C=O) groups is 1. The lowest BCUT2D eigenvalue weighted by molar-refractivity contribution is -0.133. The van der Waals surface area contributed by atoms with Gasteiger partial charge < -0.3 is 4.90 Å². The minimum Gasteiger partial charge on any atom is -0.305 e. The summed E-state index contributed by atoms with van der Waals surface area (Å²) >= 11 is 0. The lowest BCUT2D eigenvalue weighted by Crippen LogP contribution is -2.47. The van der Waals surface area contributed by atoms with Crippen LogP contribution in [0.5, 0.6) is 0 Å². The van der Waals surface area contributed by atoms with Gasteiger partial charge in [0, 0.05) is 24.9 Å². The molecule has 62 valence electrons. The minimum absolute atomic E-state index is 0.382. The number of rotatable bonds is 0. The molecule has 2 rings (SSSR count). The highest BCUT2D eigenvalue weighted by Gasteiger charge is 2.36. The van der Waals surface area contributed by atoms with Crippen molar-refractivity contribution < 1.29 is 4.79 Å². The maximum absolute atomic E-state index is 11.5. The Bertz CT molecular complexity index is 162. The van der Waals surface area contributed by atoms with Crippen molar-refractivity contribution in [1.82, 2.24) is 4.90 Å². The average molecular weight is 153 g/mol. The molecule has 1 saturated heterocycles. The summed E-state index contributed by atoms with van der Waals surface area (Å²) in [7, 11) is 2.12. The Morgan fingerprint density at radius 3 is 2.36 bits per heavy atom. The molecule has 11 heavy (non-hydrogen) atoms. The highest BCUT2D eigenvalue weighted by Crippen LogP contribution is 2.30. The standard InChI is InChI=1S/C9H15NO/c1-10-5-7-3-2-4-8(6-10)9(7)11/h7-8H,2-6H2,1H3/t7-,8-/m0/s1. The van der Waals surface area contributed by atoms with E-state index in [2.05, 4.69) is 11.9 Å². The normalized spacial score (nSPS) is 39.2. The highest BCUT2D eigenvalue weighted by atomic mass is 16.1. The van der Waals surface area contributed by atoms with Gasteiger partial charge in [0.15, 0.2) is 0 Å². The van der Waals surface area contributed by atoms with Crippen molar-refractivity contribution in [2.75, 3.05) is 20.1 Å². The van der Waals surface area contributed by atoms with E-state index in [0.29, 0.717) is 17.6 Å². The van der Waals surface area contributed by atoms with Crippen molar-refractivity contribution in [2.24, 2.45) is 11.8 Å². The number of nitrogens with zero attached hydrogens (tertiary/aromatic N) is 1. The third-order valence-corrected chi connectivity index (χ3v) is 2.97. The smallest absolute Gasteiger partial charge is 0.141 e. The number of hydrogen-bond acceptors (Lipinski definition) is 2. The van der Waals surface area contributed by atoms with E-state index in [9.17, 15) is 4.79 Å². The van der Waals surface area contributed by atoms with Crippen LogP contribution in [0.25, 0.3) is 0 Å². The molecule has 0 spiro atoms. The third kappa shape index (κ3) is 1.20. The zero-order valence-electron chi connectivity index (χ0n) is 7.05. The fourth-order valence-electron chi connectivity index (χ4n) is 2.42. The van der Waals surface area contributed by atoms with Crippen LogP contribution in [0.1, 0.15) is 19.3 Å². The van der Waals surface area contributed by atoms with Crippen molar-refractivity contribution in [3.05, 3.63) is 0 Å². The van der Waals surface area contributed by atoms with E-state index in [1.165, 1.54) is 6.42 Å². The van der Waals surface area contributed by atoms with E-state index < -0.39 is 0 Å². The van der Waals surface area contributed by atoms with Gasteiger partial charge in [-0.1, -0.05) is 6.42 Å². The molecular formula is C9H15NO. The van der Waals surface area contributed by atoms with Crippen LogP contribution in [0.2, 0.25) is 0 Å². The van der Waals surface area contributed by atoms with Crippen LogP contribution in [0.15, 0.2) is 0 Å². The summed E-state index contributed by atoms with van der Waals surface area (Å²) in [5.74, 6) is 1.31. The second-order valence-electron chi connectivity index (χ2n) is 3.95. The van der Waals surface area contributed by atoms with Crippen LogP contribution >= 0.6 is 0 Å². The SMILES string of the molecule is CN1C[C@@H]2CCC[C@@H](C1)C2=O. The Morgan fingerprint density at radius 1 is 1.27 bits per heavy atom. The van der Waals surface area contributed by atoms with Crippen LogP contribution < -0.4 is 0 Å². The maximum Gasteiger partial charge on any atom is 0.141 e. The predicted octanol–water partition coefficient (Wildman–Crippen LogP) is 0.917. The summed E-state index contributed by atoms with van der Waals surface area (Å²) in [6.07, 6.45) is 3.55. The monoisotopic (exact) mass is 153 g/mol. The molecule has 2 heteroatoms. The minimum atomic E-state index is 0.382. The van der Waals surface area contributed by atoms with E-state index in [-0.39, 0.29) is 0 Å². The largest absolute Gasteiger partial charge is 0.305 e. The number of hydrogen-bond donors (Lipinski definition) is 0. The third-order valence-electron chi connectivity index (χ3n) is 2.97. The van der Waals surface area contributed by atoms with Gasteiger partial charge in [0.2, 0.25) is 0 Å². The zero-order chi connectivity index (χ0) is 7.84. The summed E-state index contributed by atoms with van der Waals surface area (Å²) in [5, 5.41) is 0. The molecule has 0 amide bonds. The van der Waals surface area contributed by atoms with Gasteiger partial charge in [0.25, 0.3) is 0 Å². The van der Waals surface area contributed by atoms with Gasteiger partial charge in [0.05, 0.1) is 0 Å². The molecular weight excluding hydrogens is 138 g/mol. The highest BCUT2D eigenvalue weighted by molar-refractivity contribution is 5.85. The molecule has 1 aliphatic carbocycles. The van der Waals surface area contributed by atoms with Gasteiger partial charge >= 0.3 is 0 Å². The molecule has 2 aliphatic rings. The van der Waals surface area contributed by atoms with Crippen molar-refractivity contribution in [3.63, 3.8) is 0 Å². The Labute approximate surface area is 67.6 Å². The summed E-state index contributed by atoms with van der Waals surface area (Å²) in [5.41, 5.74) is 0. The van der Waals surface area contributed by atoms with Crippen LogP contribution in [0.3, 0.4) is 0 Å². The maximum atomic E-state index is 11.5. The van der Waals surface area contributed by atoms with Crippen molar-refractivity contribution in [3.8, 4) is 0 Å². The Morgan fingerprint density at radius 2 is 1.82 bits per heavy atom. The van der Waals surface area contributed by atoms with Crippen LogP contribution in [-0.2, 0) is 4.79 Å². The molecule has 2 fully saturated rings. The van der Waals surface area contributed by atoms with Gasteiger partial charge in [-0.05, 0) is 19.9 Å². The molecule has 0 aromatic rings. The first kappa shape index (κ1) is 7.29. The summed E-state index contributed by atoms with van der Waals surface area (Å²) in [6.45, 7) is 2.02. The molecule has 0 unspecified atom stereocenters. The van der Waals surface area contributed by atoms with E-state index in [4.69, 9.17) is 0 Å². The Hall–Kier alpha value is -0.370. The molecule has 2 atom stereocenters. The molecule has 0 N–H and O–H groups in total. The number of likely N-dealkylation sites (tertiary alicyclic amines) is 1. The molecule has 1 heterocycles.